The van der Waals surface area contributed by atoms with Crippen molar-refractivity contribution >= 4 is 17.0 Å². The number of hydrogen-bond acceptors (Lipinski definition) is 5. The average molecular weight is 452 g/mol. The van der Waals surface area contributed by atoms with Gasteiger partial charge in [-0.1, -0.05) is 57.8 Å². The molecule has 3 atom stereocenters. The Hall–Kier alpha value is -2.18. The van der Waals surface area contributed by atoms with Crippen LogP contribution < -0.4 is 10.6 Å². The number of aliphatic hydroxyl groups is 1. The molecule has 0 aromatic carbocycles. The van der Waals surface area contributed by atoms with E-state index in [1.54, 1.807) is 0 Å². The first kappa shape index (κ1) is 24.0. The summed E-state index contributed by atoms with van der Waals surface area (Å²) in [6, 6.07) is 0.900. The summed E-state index contributed by atoms with van der Waals surface area (Å²) in [7, 11) is 0. The molecule has 0 radical (unpaired) electrons. The Morgan fingerprint density at radius 1 is 1.24 bits per heavy atom. The third-order valence-electron chi connectivity index (χ3n) is 7.21. The van der Waals surface area contributed by atoms with Crippen molar-refractivity contribution in [2.45, 2.75) is 83.7 Å². The molecule has 3 N–H and O–H groups in total. The van der Waals surface area contributed by atoms with E-state index in [9.17, 15) is 0 Å². The number of fused-ring (bicyclic) bond motifs is 1. The van der Waals surface area contributed by atoms with Crippen LogP contribution in [-0.4, -0.2) is 45.4 Å². The highest BCUT2D eigenvalue weighted by Crippen LogP contribution is 2.39. The first-order valence-corrected chi connectivity index (χ1v) is 12.9. The zero-order chi connectivity index (χ0) is 23.2. The Balaban J connectivity index is 1.65. The molecular formula is C27H41N5O. The highest BCUT2D eigenvalue weighted by Gasteiger charge is 2.26. The van der Waals surface area contributed by atoms with Gasteiger partial charge in [0, 0.05) is 48.9 Å². The third-order valence-corrected chi connectivity index (χ3v) is 7.21. The smallest absolute Gasteiger partial charge is 0.224 e. The van der Waals surface area contributed by atoms with E-state index in [-0.39, 0.29) is 6.61 Å². The molecule has 0 saturated heterocycles. The van der Waals surface area contributed by atoms with E-state index in [1.807, 2.05) is 6.20 Å². The molecule has 0 aliphatic heterocycles. The first-order valence-electron chi connectivity index (χ1n) is 12.9. The predicted octanol–water partition coefficient (Wildman–Crippen LogP) is 5.33. The van der Waals surface area contributed by atoms with E-state index < -0.39 is 0 Å². The second-order valence-corrected chi connectivity index (χ2v) is 9.93. The van der Waals surface area contributed by atoms with Crippen LogP contribution in [-0.2, 0) is 0 Å². The van der Waals surface area contributed by atoms with Crippen LogP contribution in [0.25, 0.3) is 11.0 Å². The number of nitrogens with one attached hydrogen (secondary N) is 2. The maximum atomic E-state index is 9.02. The van der Waals surface area contributed by atoms with Crippen molar-refractivity contribution in [2.24, 2.45) is 5.92 Å². The Morgan fingerprint density at radius 2 is 2.06 bits per heavy atom. The minimum absolute atomic E-state index is 0.171. The van der Waals surface area contributed by atoms with Gasteiger partial charge >= 0.3 is 0 Å². The van der Waals surface area contributed by atoms with E-state index >= 15 is 0 Å². The van der Waals surface area contributed by atoms with Crippen LogP contribution in [0.2, 0.25) is 0 Å². The molecule has 6 heteroatoms. The lowest BCUT2D eigenvalue weighted by atomic mass is 9.82. The Bertz CT molecular complexity index is 972. The van der Waals surface area contributed by atoms with Crippen LogP contribution in [0.4, 0.5) is 5.95 Å². The zero-order valence-corrected chi connectivity index (χ0v) is 20.6. The van der Waals surface area contributed by atoms with Crippen molar-refractivity contribution in [3.8, 4) is 0 Å². The molecule has 2 aliphatic carbocycles. The molecule has 6 nitrogen and oxygen atoms in total. The quantitative estimate of drug-likeness (QED) is 0.426. The highest BCUT2D eigenvalue weighted by atomic mass is 16.3. The van der Waals surface area contributed by atoms with Gasteiger partial charge in [-0.2, -0.15) is 4.98 Å². The molecule has 1 saturated carbocycles. The maximum absolute atomic E-state index is 9.02. The molecule has 2 aromatic heterocycles. The van der Waals surface area contributed by atoms with E-state index in [4.69, 9.17) is 15.1 Å². The number of aliphatic hydroxyl groups excluding tert-OH is 1. The van der Waals surface area contributed by atoms with Crippen LogP contribution in [0.5, 0.6) is 0 Å². The van der Waals surface area contributed by atoms with Crippen molar-refractivity contribution < 1.29 is 5.11 Å². The molecule has 2 aromatic rings. The molecule has 0 bridgehead atoms. The highest BCUT2D eigenvalue weighted by molar-refractivity contribution is 5.82. The SMILES string of the molecule is CCC[C@H](C)Nc1ncc2c(C3C=CC(CNCCO)=CC3C)cn(C3CCCCC3)c2n1. The van der Waals surface area contributed by atoms with E-state index in [2.05, 4.69) is 60.4 Å². The molecule has 4 rings (SSSR count). The monoisotopic (exact) mass is 451 g/mol. The number of nitrogens with zero attached hydrogens (tertiary/aromatic N) is 3. The van der Waals surface area contributed by atoms with Crippen LogP contribution in [0, 0.1) is 5.92 Å². The lowest BCUT2D eigenvalue weighted by Gasteiger charge is -2.24. The van der Waals surface area contributed by atoms with Gasteiger partial charge in [-0.05, 0) is 43.2 Å². The fourth-order valence-corrected chi connectivity index (χ4v) is 5.47. The van der Waals surface area contributed by atoms with Gasteiger partial charge in [0.05, 0.1) is 6.61 Å². The number of hydrogen-bond donors (Lipinski definition) is 3. The molecular weight excluding hydrogens is 410 g/mol. The van der Waals surface area contributed by atoms with Crippen LogP contribution in [0.1, 0.15) is 83.2 Å². The molecule has 33 heavy (non-hydrogen) atoms. The molecule has 2 unspecified atom stereocenters. The predicted molar refractivity (Wildman–Crippen MR) is 137 cm³/mol. The molecule has 2 heterocycles. The molecule has 1 fully saturated rings. The van der Waals surface area contributed by atoms with Crippen molar-refractivity contribution in [3.05, 3.63) is 41.8 Å². The summed E-state index contributed by atoms with van der Waals surface area (Å²) in [4.78, 5) is 9.77. The summed E-state index contributed by atoms with van der Waals surface area (Å²) in [6.45, 7) is 8.31. The summed E-state index contributed by atoms with van der Waals surface area (Å²) in [5, 5.41) is 17.0. The average Bonchev–Trinajstić information content (AvgIpc) is 3.19. The Labute approximate surface area is 198 Å². The number of aromatic nitrogens is 3. The minimum atomic E-state index is 0.171. The van der Waals surface area contributed by atoms with Gasteiger partial charge in [0.25, 0.3) is 0 Å². The normalized spacial score (nSPS) is 22.5. The molecule has 2 aliphatic rings. The van der Waals surface area contributed by atoms with Crippen molar-refractivity contribution in [3.63, 3.8) is 0 Å². The standard InChI is InChI=1S/C27H41N5O/c1-4-8-20(3)30-27-29-17-24-25(18-32(26(24)31-27)22-9-6-5-7-10-22)23-12-11-21(15-19(23)2)16-28-13-14-33/h11-12,15,17-20,22-23,28,33H,4-10,13-14,16H2,1-3H3,(H,29,30,31)/t19?,20-,23?/m0/s1. The lowest BCUT2D eigenvalue weighted by Crippen LogP contribution is -2.22. The Kier molecular flexibility index (Phi) is 8.20. The summed E-state index contributed by atoms with van der Waals surface area (Å²) in [6.07, 6.45) is 20.0. The van der Waals surface area contributed by atoms with Gasteiger partial charge in [-0.15, -0.1) is 0 Å². The summed E-state index contributed by atoms with van der Waals surface area (Å²) in [5.41, 5.74) is 3.71. The van der Waals surface area contributed by atoms with Crippen LogP contribution >= 0.6 is 0 Å². The van der Waals surface area contributed by atoms with Crippen molar-refractivity contribution in [1.82, 2.24) is 19.9 Å². The summed E-state index contributed by atoms with van der Waals surface area (Å²) >= 11 is 0. The van der Waals surface area contributed by atoms with E-state index in [0.29, 0.717) is 30.5 Å². The zero-order valence-electron chi connectivity index (χ0n) is 20.6. The maximum Gasteiger partial charge on any atom is 0.224 e. The fraction of sp³-hybridized carbons (Fsp3) is 0.630. The summed E-state index contributed by atoms with van der Waals surface area (Å²) in [5.74, 6) is 1.46. The van der Waals surface area contributed by atoms with E-state index in [1.165, 1.54) is 48.6 Å². The number of allylic oxidation sites excluding steroid dienone is 2. The minimum Gasteiger partial charge on any atom is -0.395 e. The summed E-state index contributed by atoms with van der Waals surface area (Å²) < 4.78 is 2.46. The topological polar surface area (TPSA) is 75.0 Å². The van der Waals surface area contributed by atoms with Gasteiger partial charge in [0.1, 0.15) is 5.65 Å². The van der Waals surface area contributed by atoms with E-state index in [0.717, 1.165) is 31.0 Å². The van der Waals surface area contributed by atoms with Crippen LogP contribution in [0.15, 0.2) is 36.2 Å². The van der Waals surface area contributed by atoms with Gasteiger partial charge < -0.3 is 20.3 Å². The van der Waals surface area contributed by atoms with Gasteiger partial charge in [0.15, 0.2) is 0 Å². The third kappa shape index (κ3) is 5.67. The molecule has 180 valence electrons. The van der Waals surface area contributed by atoms with Crippen molar-refractivity contribution in [2.75, 3.05) is 25.0 Å². The Morgan fingerprint density at radius 3 is 2.79 bits per heavy atom. The largest absolute Gasteiger partial charge is 0.395 e. The molecule has 0 amide bonds. The lowest BCUT2D eigenvalue weighted by molar-refractivity contribution is 0.294. The van der Waals surface area contributed by atoms with Gasteiger partial charge in [-0.3, -0.25) is 0 Å². The second-order valence-electron chi connectivity index (χ2n) is 9.93. The molecule has 0 spiro atoms. The number of rotatable bonds is 10. The van der Waals surface area contributed by atoms with Crippen molar-refractivity contribution in [1.29, 1.82) is 0 Å². The first-order chi connectivity index (χ1) is 16.1. The van der Waals surface area contributed by atoms with Gasteiger partial charge in [0.2, 0.25) is 5.95 Å². The second kappa shape index (κ2) is 11.3. The van der Waals surface area contributed by atoms with Gasteiger partial charge in [-0.25, -0.2) is 4.98 Å². The number of anilines is 1. The fourth-order valence-electron chi connectivity index (χ4n) is 5.47. The van der Waals surface area contributed by atoms with Crippen LogP contribution in [0.3, 0.4) is 0 Å².